The number of hydrogen-bond acceptors (Lipinski definition) is 4. The molecule has 2 atom stereocenters. The number of nitrogens with one attached hydrogen (secondary N) is 1. The maximum atomic E-state index is 12.9. The topological polar surface area (TPSA) is 50.8 Å². The van der Waals surface area contributed by atoms with E-state index in [-0.39, 0.29) is 18.3 Å². The van der Waals surface area contributed by atoms with Gasteiger partial charge in [0.1, 0.15) is 0 Å². The van der Waals surface area contributed by atoms with Crippen molar-refractivity contribution in [2.24, 2.45) is 0 Å². The second-order valence-corrected chi connectivity index (χ2v) is 6.20. The van der Waals surface area contributed by atoms with Gasteiger partial charge in [-0.25, -0.2) is 0 Å². The normalized spacial score (nSPS) is 23.0. The van der Waals surface area contributed by atoms with Gasteiger partial charge in [0.05, 0.1) is 14.2 Å². The lowest BCUT2D eigenvalue weighted by Crippen LogP contribution is -2.39. The van der Waals surface area contributed by atoms with Gasteiger partial charge in [0.2, 0.25) is 0 Å². The van der Waals surface area contributed by atoms with Crippen molar-refractivity contribution in [3.63, 3.8) is 0 Å². The second kappa shape index (κ2) is 7.41. The Morgan fingerprint density at radius 3 is 2.48 bits per heavy atom. The highest BCUT2D eigenvalue weighted by atomic mass is 35.5. The number of carbonyl (C=O) groups is 1. The fraction of sp³-hybridized carbons (Fsp3) is 0.588. The van der Waals surface area contributed by atoms with Gasteiger partial charge in [-0.1, -0.05) is 0 Å². The molecule has 0 saturated carbocycles. The van der Waals surface area contributed by atoms with E-state index in [1.54, 1.807) is 20.3 Å². The number of nitrogens with zero attached hydrogens (tertiary/aromatic N) is 1. The van der Waals surface area contributed by atoms with Crippen molar-refractivity contribution in [1.82, 2.24) is 10.2 Å². The highest BCUT2D eigenvalue weighted by Gasteiger charge is 2.32. The summed E-state index contributed by atoms with van der Waals surface area (Å²) in [6.07, 6.45) is 3.44. The Labute approximate surface area is 143 Å². The molecule has 3 rings (SSSR count). The number of likely N-dealkylation sites (tertiary alicyclic amines) is 1. The summed E-state index contributed by atoms with van der Waals surface area (Å²) in [6.45, 7) is 3.56. The summed E-state index contributed by atoms with van der Waals surface area (Å²) in [5.41, 5.74) is 1.63. The SMILES string of the molecule is COc1cc(C)c(C(=O)N2CCC3CCC(C2)N3)cc1OC.Cl. The molecule has 23 heavy (non-hydrogen) atoms. The van der Waals surface area contributed by atoms with Crippen LogP contribution in [-0.2, 0) is 0 Å². The summed E-state index contributed by atoms with van der Waals surface area (Å²) in [5.74, 6) is 1.35. The average Bonchev–Trinajstić information content (AvgIpc) is 2.85. The maximum Gasteiger partial charge on any atom is 0.254 e. The Morgan fingerprint density at radius 2 is 1.78 bits per heavy atom. The average molecular weight is 341 g/mol. The minimum absolute atomic E-state index is 0. The van der Waals surface area contributed by atoms with Crippen LogP contribution in [0.15, 0.2) is 12.1 Å². The van der Waals surface area contributed by atoms with Crippen molar-refractivity contribution >= 4 is 18.3 Å². The van der Waals surface area contributed by atoms with Gasteiger partial charge in [-0.05, 0) is 43.9 Å². The standard InChI is InChI=1S/C17H24N2O3.ClH/c1-11-8-15(21-2)16(22-3)9-14(11)17(20)19-7-6-12-4-5-13(10-19)18-12;/h8-9,12-13,18H,4-7,10H2,1-3H3;1H. The molecule has 128 valence electrons. The Hall–Kier alpha value is -1.46. The predicted molar refractivity (Wildman–Crippen MR) is 92.0 cm³/mol. The summed E-state index contributed by atoms with van der Waals surface area (Å²) in [4.78, 5) is 14.9. The first kappa shape index (κ1) is 17.9. The number of rotatable bonds is 3. The molecule has 1 aromatic carbocycles. The van der Waals surface area contributed by atoms with Crippen molar-refractivity contribution in [1.29, 1.82) is 0 Å². The molecule has 5 nitrogen and oxygen atoms in total. The highest BCUT2D eigenvalue weighted by molar-refractivity contribution is 5.96. The third-order valence-electron chi connectivity index (χ3n) is 4.77. The van der Waals surface area contributed by atoms with E-state index in [1.807, 2.05) is 17.9 Å². The zero-order valence-corrected chi connectivity index (χ0v) is 14.7. The first-order chi connectivity index (χ1) is 10.6. The molecule has 1 aromatic rings. The predicted octanol–water partition coefficient (Wildman–Crippen LogP) is 2.40. The molecule has 1 amide bonds. The molecule has 0 radical (unpaired) electrons. The molecule has 2 aliphatic rings. The van der Waals surface area contributed by atoms with Crippen molar-refractivity contribution in [3.05, 3.63) is 23.3 Å². The third-order valence-corrected chi connectivity index (χ3v) is 4.77. The van der Waals surface area contributed by atoms with Crippen LogP contribution in [0, 0.1) is 6.92 Å². The van der Waals surface area contributed by atoms with E-state index in [2.05, 4.69) is 5.32 Å². The van der Waals surface area contributed by atoms with Crippen LogP contribution in [0.5, 0.6) is 11.5 Å². The van der Waals surface area contributed by atoms with Gasteiger partial charge in [-0.3, -0.25) is 4.79 Å². The van der Waals surface area contributed by atoms with Crippen molar-refractivity contribution in [3.8, 4) is 11.5 Å². The van der Waals surface area contributed by atoms with Crippen LogP contribution in [0.3, 0.4) is 0 Å². The number of aryl methyl sites for hydroxylation is 1. The van der Waals surface area contributed by atoms with E-state index in [1.165, 1.54) is 12.8 Å². The number of carbonyl (C=O) groups excluding carboxylic acids is 1. The number of hydrogen-bond donors (Lipinski definition) is 1. The first-order valence-corrected chi connectivity index (χ1v) is 7.90. The summed E-state index contributed by atoms with van der Waals surface area (Å²) < 4.78 is 10.6. The molecule has 2 aliphatic heterocycles. The van der Waals surface area contributed by atoms with E-state index in [0.717, 1.165) is 25.1 Å². The Morgan fingerprint density at radius 1 is 1.13 bits per heavy atom. The first-order valence-electron chi connectivity index (χ1n) is 7.90. The zero-order chi connectivity index (χ0) is 15.7. The Bertz CT molecular complexity index is 579. The van der Waals surface area contributed by atoms with E-state index in [9.17, 15) is 4.79 Å². The molecule has 0 aromatic heterocycles. The molecule has 0 spiro atoms. The minimum Gasteiger partial charge on any atom is -0.493 e. The van der Waals surface area contributed by atoms with Gasteiger partial charge >= 0.3 is 0 Å². The molecule has 2 bridgehead atoms. The van der Waals surface area contributed by atoms with Crippen LogP contribution in [0.4, 0.5) is 0 Å². The van der Waals surface area contributed by atoms with Gasteiger partial charge in [0, 0.05) is 30.7 Å². The Kier molecular flexibility index (Phi) is 5.76. The van der Waals surface area contributed by atoms with E-state index in [0.29, 0.717) is 29.1 Å². The van der Waals surface area contributed by atoms with Crippen molar-refractivity contribution < 1.29 is 14.3 Å². The molecule has 2 unspecified atom stereocenters. The van der Waals surface area contributed by atoms with E-state index in [4.69, 9.17) is 9.47 Å². The number of amides is 1. The van der Waals surface area contributed by atoms with Gasteiger partial charge in [0.15, 0.2) is 11.5 Å². The van der Waals surface area contributed by atoms with Crippen LogP contribution in [0.25, 0.3) is 0 Å². The number of benzene rings is 1. The van der Waals surface area contributed by atoms with E-state index < -0.39 is 0 Å². The summed E-state index contributed by atoms with van der Waals surface area (Å²) in [5, 5.41) is 3.61. The molecular weight excluding hydrogens is 316 g/mol. The second-order valence-electron chi connectivity index (χ2n) is 6.20. The zero-order valence-electron chi connectivity index (χ0n) is 13.9. The maximum absolute atomic E-state index is 12.9. The Balaban J connectivity index is 0.00000192. The lowest BCUT2D eigenvalue weighted by Gasteiger charge is -2.25. The monoisotopic (exact) mass is 340 g/mol. The fourth-order valence-corrected chi connectivity index (χ4v) is 3.51. The number of halogens is 1. The van der Waals surface area contributed by atoms with Gasteiger partial charge < -0.3 is 19.7 Å². The van der Waals surface area contributed by atoms with Crippen LogP contribution in [0.2, 0.25) is 0 Å². The van der Waals surface area contributed by atoms with Gasteiger partial charge in [-0.15, -0.1) is 12.4 Å². The molecular formula is C17H25ClN2O3. The van der Waals surface area contributed by atoms with Crippen LogP contribution < -0.4 is 14.8 Å². The molecule has 2 heterocycles. The minimum atomic E-state index is 0. The molecule has 2 saturated heterocycles. The van der Waals surface area contributed by atoms with E-state index >= 15 is 0 Å². The van der Waals surface area contributed by atoms with Gasteiger partial charge in [0.25, 0.3) is 5.91 Å². The van der Waals surface area contributed by atoms with Crippen LogP contribution in [0.1, 0.15) is 35.2 Å². The van der Waals surface area contributed by atoms with Crippen molar-refractivity contribution in [2.45, 2.75) is 38.3 Å². The lowest BCUT2D eigenvalue weighted by molar-refractivity contribution is 0.0747. The summed E-state index contributed by atoms with van der Waals surface area (Å²) in [6, 6.07) is 4.69. The van der Waals surface area contributed by atoms with Crippen LogP contribution >= 0.6 is 12.4 Å². The number of ether oxygens (including phenoxy) is 2. The smallest absolute Gasteiger partial charge is 0.254 e. The van der Waals surface area contributed by atoms with Crippen LogP contribution in [-0.4, -0.2) is 50.2 Å². The molecule has 6 heteroatoms. The molecule has 2 fully saturated rings. The lowest BCUT2D eigenvalue weighted by atomic mass is 10.0. The largest absolute Gasteiger partial charge is 0.493 e. The number of methoxy groups -OCH3 is 2. The quantitative estimate of drug-likeness (QED) is 0.918. The number of fused-ring (bicyclic) bond motifs is 2. The van der Waals surface area contributed by atoms with Gasteiger partial charge in [-0.2, -0.15) is 0 Å². The third kappa shape index (κ3) is 3.56. The summed E-state index contributed by atoms with van der Waals surface area (Å²) in [7, 11) is 3.20. The summed E-state index contributed by atoms with van der Waals surface area (Å²) >= 11 is 0. The highest BCUT2D eigenvalue weighted by Crippen LogP contribution is 2.31. The molecule has 0 aliphatic carbocycles. The van der Waals surface area contributed by atoms with Crippen molar-refractivity contribution in [2.75, 3.05) is 27.3 Å². The fourth-order valence-electron chi connectivity index (χ4n) is 3.51. The molecule has 1 N–H and O–H groups in total.